The van der Waals surface area contributed by atoms with Crippen molar-refractivity contribution in [1.82, 2.24) is 9.97 Å². The number of nitrogens with zero attached hydrogens (tertiary/aromatic N) is 3. The first-order valence-corrected chi connectivity index (χ1v) is 11.4. The normalized spacial score (nSPS) is 12.9. The third-order valence-corrected chi connectivity index (χ3v) is 5.32. The van der Waals surface area contributed by atoms with E-state index in [0.29, 0.717) is 16.4 Å². The van der Waals surface area contributed by atoms with Crippen LogP contribution in [0.3, 0.4) is 0 Å². The lowest BCUT2D eigenvalue weighted by Gasteiger charge is -2.32. The Morgan fingerprint density at radius 1 is 1.19 bits per heavy atom. The molecule has 3 heterocycles. The fourth-order valence-electron chi connectivity index (χ4n) is 3.53. The van der Waals surface area contributed by atoms with Crippen LogP contribution < -0.4 is 15.0 Å². The van der Waals surface area contributed by atoms with E-state index in [1.54, 1.807) is 32.9 Å². The Morgan fingerprint density at radius 3 is 2.69 bits per heavy atom. The van der Waals surface area contributed by atoms with Gasteiger partial charge >= 0.3 is 12.1 Å². The number of anilines is 3. The largest absolute Gasteiger partial charge is 0.486 e. The highest BCUT2D eigenvalue weighted by atomic mass is 35.5. The van der Waals surface area contributed by atoms with Crippen molar-refractivity contribution in [3.63, 3.8) is 0 Å². The molecule has 0 spiro atoms. The van der Waals surface area contributed by atoms with Crippen molar-refractivity contribution in [2.45, 2.75) is 26.4 Å². The third-order valence-electron chi connectivity index (χ3n) is 5.09. The van der Waals surface area contributed by atoms with Gasteiger partial charge in [0.15, 0.2) is 11.6 Å². The van der Waals surface area contributed by atoms with Crippen LogP contribution in [-0.4, -0.2) is 47.9 Å². The zero-order valence-electron chi connectivity index (χ0n) is 20.1. The Bertz CT molecular complexity index is 1330. The number of hydrogen-bond donors (Lipinski definition) is 1. The molecule has 0 atom stereocenters. The number of aromatic nitrogens is 2. The summed E-state index contributed by atoms with van der Waals surface area (Å²) in [6.45, 7) is 5.58. The number of ether oxygens (including phenoxy) is 3. The van der Waals surface area contributed by atoms with Crippen LogP contribution in [0.25, 0.3) is 11.3 Å². The molecule has 1 aromatic carbocycles. The SMILES string of the molecule is COC(=O)c1cnccc1Nc1cc(-c2cc(Cl)ccc2F)nc2c1OCCN2C(=O)OC(C)(C)C. The van der Waals surface area contributed by atoms with Crippen LogP contribution in [0.2, 0.25) is 5.02 Å². The number of rotatable bonds is 4. The van der Waals surface area contributed by atoms with Crippen molar-refractivity contribution >= 4 is 40.9 Å². The maximum atomic E-state index is 14.8. The number of halogens is 2. The fraction of sp³-hybridized carbons (Fsp3) is 0.280. The van der Waals surface area contributed by atoms with Crippen molar-refractivity contribution in [1.29, 1.82) is 0 Å². The zero-order chi connectivity index (χ0) is 26.0. The Hall–Kier alpha value is -3.92. The maximum Gasteiger partial charge on any atom is 0.416 e. The van der Waals surface area contributed by atoms with Crippen LogP contribution in [-0.2, 0) is 9.47 Å². The molecule has 4 rings (SSSR count). The van der Waals surface area contributed by atoms with Crippen LogP contribution in [0.15, 0.2) is 42.7 Å². The predicted molar refractivity (Wildman–Crippen MR) is 133 cm³/mol. The van der Waals surface area contributed by atoms with Crippen LogP contribution in [0.1, 0.15) is 31.1 Å². The standard InChI is InChI=1S/C25H24ClFN4O5/c1-25(2,3)36-24(33)31-9-10-35-21-20(29-18-7-8-28-13-16(18)23(32)34-4)12-19(30-22(21)31)15-11-14(26)5-6-17(15)27/h5-8,11-13H,9-10H2,1-4H3,(H,28,29,30). The molecule has 0 unspecified atom stereocenters. The summed E-state index contributed by atoms with van der Waals surface area (Å²) in [6, 6.07) is 7.21. The van der Waals surface area contributed by atoms with Gasteiger partial charge in [0.25, 0.3) is 0 Å². The van der Waals surface area contributed by atoms with Gasteiger partial charge in [0.05, 0.1) is 30.7 Å². The van der Waals surface area contributed by atoms with Gasteiger partial charge in [0.1, 0.15) is 23.6 Å². The summed E-state index contributed by atoms with van der Waals surface area (Å²) in [6.07, 6.45) is 2.22. The molecule has 2 aromatic heterocycles. The average molecular weight is 515 g/mol. The first kappa shape index (κ1) is 25.2. The Kier molecular flexibility index (Phi) is 6.98. The van der Waals surface area contributed by atoms with Gasteiger partial charge in [0.2, 0.25) is 0 Å². The van der Waals surface area contributed by atoms with Crippen LogP contribution in [0.4, 0.5) is 26.4 Å². The minimum atomic E-state index is -0.750. The Labute approximate surface area is 212 Å². The van der Waals surface area contributed by atoms with Crippen LogP contribution in [0.5, 0.6) is 5.75 Å². The lowest BCUT2D eigenvalue weighted by Crippen LogP contribution is -2.42. The molecule has 0 saturated heterocycles. The molecular formula is C25H24ClFN4O5. The van der Waals surface area contributed by atoms with Gasteiger partial charge in [-0.25, -0.2) is 19.0 Å². The van der Waals surface area contributed by atoms with Gasteiger partial charge < -0.3 is 19.5 Å². The summed E-state index contributed by atoms with van der Waals surface area (Å²) in [7, 11) is 1.26. The second-order valence-electron chi connectivity index (χ2n) is 8.85. The molecule has 0 radical (unpaired) electrons. The van der Waals surface area contributed by atoms with E-state index in [2.05, 4.69) is 15.3 Å². The van der Waals surface area contributed by atoms with E-state index < -0.39 is 23.5 Å². The van der Waals surface area contributed by atoms with Gasteiger partial charge in [-0.15, -0.1) is 0 Å². The molecule has 1 aliphatic heterocycles. The molecule has 3 aromatic rings. The highest BCUT2D eigenvalue weighted by Gasteiger charge is 2.32. The smallest absolute Gasteiger partial charge is 0.416 e. The Morgan fingerprint density at radius 2 is 1.97 bits per heavy atom. The van der Waals surface area contributed by atoms with Gasteiger partial charge in [0, 0.05) is 23.0 Å². The van der Waals surface area contributed by atoms with E-state index in [4.69, 9.17) is 25.8 Å². The molecule has 0 aliphatic carbocycles. The number of benzene rings is 1. The number of methoxy groups -OCH3 is 1. The molecular weight excluding hydrogens is 491 g/mol. The first-order valence-electron chi connectivity index (χ1n) is 11.0. The number of carbonyl (C=O) groups is 2. The molecule has 1 N–H and O–H groups in total. The van der Waals surface area contributed by atoms with Gasteiger partial charge in [-0.2, -0.15) is 0 Å². The molecule has 1 amide bonds. The van der Waals surface area contributed by atoms with Gasteiger partial charge in [-0.3, -0.25) is 9.88 Å². The maximum absolute atomic E-state index is 14.8. The number of esters is 1. The number of nitrogens with one attached hydrogen (secondary N) is 1. The van der Waals surface area contributed by atoms with Gasteiger partial charge in [-0.1, -0.05) is 11.6 Å². The highest BCUT2D eigenvalue weighted by molar-refractivity contribution is 6.30. The summed E-state index contributed by atoms with van der Waals surface area (Å²) in [5, 5.41) is 3.44. The van der Waals surface area contributed by atoms with Crippen LogP contribution in [0, 0.1) is 5.82 Å². The molecule has 9 nitrogen and oxygen atoms in total. The van der Waals surface area contributed by atoms with E-state index in [1.165, 1.54) is 42.6 Å². The van der Waals surface area contributed by atoms with Crippen molar-refractivity contribution in [3.8, 4) is 17.0 Å². The summed E-state index contributed by atoms with van der Waals surface area (Å²) in [4.78, 5) is 35.2. The predicted octanol–water partition coefficient (Wildman–Crippen LogP) is 5.60. The third kappa shape index (κ3) is 5.33. The summed E-state index contributed by atoms with van der Waals surface area (Å²) >= 11 is 6.13. The monoisotopic (exact) mass is 514 g/mol. The number of pyridine rings is 2. The van der Waals surface area contributed by atoms with Crippen molar-refractivity contribution in [2.75, 3.05) is 30.5 Å². The van der Waals surface area contributed by atoms with Crippen molar-refractivity contribution in [3.05, 3.63) is 59.1 Å². The molecule has 0 saturated carbocycles. The summed E-state index contributed by atoms with van der Waals surface area (Å²) < 4.78 is 31.1. The summed E-state index contributed by atoms with van der Waals surface area (Å²) in [5.41, 5.74) is 0.412. The van der Waals surface area contributed by atoms with E-state index in [9.17, 15) is 14.0 Å². The average Bonchev–Trinajstić information content (AvgIpc) is 2.83. The molecule has 0 fully saturated rings. The number of fused-ring (bicyclic) bond motifs is 1. The lowest BCUT2D eigenvalue weighted by atomic mass is 10.1. The number of amides is 1. The first-order chi connectivity index (χ1) is 17.1. The molecule has 188 valence electrons. The zero-order valence-corrected chi connectivity index (χ0v) is 20.9. The minimum Gasteiger partial charge on any atom is -0.486 e. The highest BCUT2D eigenvalue weighted by Crippen LogP contribution is 2.42. The second-order valence-corrected chi connectivity index (χ2v) is 9.29. The molecule has 1 aliphatic rings. The molecule has 11 heteroatoms. The Balaban J connectivity index is 1.89. The number of carbonyl (C=O) groups excluding carboxylic acids is 2. The van der Waals surface area contributed by atoms with E-state index in [1.807, 2.05) is 0 Å². The quantitative estimate of drug-likeness (QED) is 0.449. The van der Waals surface area contributed by atoms with E-state index in [-0.39, 0.29) is 41.5 Å². The summed E-state index contributed by atoms with van der Waals surface area (Å²) in [5.74, 6) is -0.807. The fourth-order valence-corrected chi connectivity index (χ4v) is 3.70. The van der Waals surface area contributed by atoms with E-state index in [0.717, 1.165) is 0 Å². The van der Waals surface area contributed by atoms with Crippen molar-refractivity contribution in [2.24, 2.45) is 0 Å². The minimum absolute atomic E-state index is 0.117. The van der Waals surface area contributed by atoms with Crippen LogP contribution >= 0.6 is 11.6 Å². The van der Waals surface area contributed by atoms with Crippen molar-refractivity contribution < 1.29 is 28.2 Å². The number of hydrogen-bond acceptors (Lipinski definition) is 8. The molecule has 36 heavy (non-hydrogen) atoms. The molecule has 0 bridgehead atoms. The van der Waals surface area contributed by atoms with E-state index >= 15 is 0 Å². The topological polar surface area (TPSA) is 103 Å². The lowest BCUT2D eigenvalue weighted by molar-refractivity contribution is 0.0564. The second kappa shape index (κ2) is 9.98. The van der Waals surface area contributed by atoms with Gasteiger partial charge in [-0.05, 0) is 51.1 Å².